The van der Waals surface area contributed by atoms with Crippen LogP contribution in [-0.4, -0.2) is 27.0 Å². The molecule has 3 rings (SSSR count). The normalized spacial score (nSPS) is 15.9. The van der Waals surface area contributed by atoms with Gasteiger partial charge in [-0.15, -0.1) is 0 Å². The molecular formula is C21H22N2O4. The van der Waals surface area contributed by atoms with E-state index in [1.165, 1.54) is 10.6 Å². The number of hydrogen-bond donors (Lipinski definition) is 2. The van der Waals surface area contributed by atoms with Gasteiger partial charge >= 0.3 is 0 Å². The highest BCUT2D eigenvalue weighted by Crippen LogP contribution is 2.36. The minimum atomic E-state index is -0.794. The Labute approximate surface area is 157 Å². The van der Waals surface area contributed by atoms with Gasteiger partial charge in [0.1, 0.15) is 11.4 Å². The van der Waals surface area contributed by atoms with Crippen LogP contribution < -0.4 is 10.3 Å². The molecule has 6 nitrogen and oxygen atoms in total. The maximum Gasteiger partial charge on any atom is 0.255 e. The van der Waals surface area contributed by atoms with Gasteiger partial charge in [0.15, 0.2) is 0 Å². The van der Waals surface area contributed by atoms with Crippen molar-refractivity contribution < 1.29 is 14.9 Å². The first-order valence-corrected chi connectivity index (χ1v) is 8.83. The van der Waals surface area contributed by atoms with Crippen LogP contribution >= 0.6 is 0 Å². The summed E-state index contributed by atoms with van der Waals surface area (Å²) < 4.78 is 7.44. The van der Waals surface area contributed by atoms with E-state index < -0.39 is 11.7 Å². The minimum Gasteiger partial charge on any atom is -0.483 e. The van der Waals surface area contributed by atoms with Crippen LogP contribution in [0, 0.1) is 11.3 Å². The summed E-state index contributed by atoms with van der Waals surface area (Å²) >= 11 is 0. The minimum absolute atomic E-state index is 0.00585. The Morgan fingerprint density at radius 3 is 2.74 bits per heavy atom. The van der Waals surface area contributed by atoms with Gasteiger partial charge in [-0.2, -0.15) is 5.26 Å². The van der Waals surface area contributed by atoms with E-state index in [0.29, 0.717) is 41.0 Å². The van der Waals surface area contributed by atoms with E-state index in [9.17, 15) is 15.2 Å². The Morgan fingerprint density at radius 1 is 1.30 bits per heavy atom. The van der Waals surface area contributed by atoms with E-state index in [2.05, 4.69) is 6.07 Å². The average molecular weight is 366 g/mol. The molecule has 1 unspecified atom stereocenters. The molecule has 27 heavy (non-hydrogen) atoms. The average Bonchev–Trinajstić information content (AvgIpc) is 2.64. The van der Waals surface area contributed by atoms with Crippen LogP contribution in [0.15, 0.2) is 47.4 Å². The van der Waals surface area contributed by atoms with Crippen molar-refractivity contribution in [3.05, 3.63) is 69.6 Å². The summed E-state index contributed by atoms with van der Waals surface area (Å²) in [6, 6.07) is 10.3. The molecule has 0 fully saturated rings. The molecule has 1 aliphatic heterocycles. The molecule has 0 saturated heterocycles. The van der Waals surface area contributed by atoms with E-state index in [0.717, 1.165) is 0 Å². The lowest BCUT2D eigenvalue weighted by molar-refractivity contribution is 0.151. The van der Waals surface area contributed by atoms with Gasteiger partial charge in [0, 0.05) is 24.4 Å². The SMILES string of the molecule is CC1(C)C=C(n2ccc(C(O)CCCO)cc2=O)c2cc(C#N)ccc2O1. The van der Waals surface area contributed by atoms with Crippen LogP contribution in [0.3, 0.4) is 0 Å². The molecule has 1 aromatic carbocycles. The quantitative estimate of drug-likeness (QED) is 0.848. The van der Waals surface area contributed by atoms with Gasteiger partial charge in [0.05, 0.1) is 23.4 Å². The van der Waals surface area contributed by atoms with Crippen molar-refractivity contribution in [2.45, 2.75) is 38.4 Å². The van der Waals surface area contributed by atoms with Crippen molar-refractivity contribution in [2.75, 3.05) is 6.61 Å². The van der Waals surface area contributed by atoms with Crippen molar-refractivity contribution in [3.63, 3.8) is 0 Å². The zero-order valence-corrected chi connectivity index (χ0v) is 15.3. The summed E-state index contributed by atoms with van der Waals surface area (Å²) in [5, 5.41) is 28.3. The fourth-order valence-electron chi connectivity index (χ4n) is 3.16. The Balaban J connectivity index is 2.06. The van der Waals surface area contributed by atoms with Gasteiger partial charge < -0.3 is 14.9 Å². The lowest BCUT2D eigenvalue weighted by Gasteiger charge is -2.31. The molecular weight excluding hydrogens is 344 g/mol. The standard InChI is InChI=1S/C21H22N2O4/c1-21(2)12-17(16-10-14(13-22)5-6-19(16)27-21)23-8-7-15(11-20(23)26)18(25)4-3-9-24/h5-8,10-12,18,24-25H,3-4,9H2,1-2H3. The summed E-state index contributed by atoms with van der Waals surface area (Å²) in [7, 11) is 0. The van der Waals surface area contributed by atoms with E-state index in [-0.39, 0.29) is 12.2 Å². The molecule has 0 radical (unpaired) electrons. The molecule has 140 valence electrons. The van der Waals surface area contributed by atoms with Crippen LogP contribution in [0.1, 0.15) is 49.5 Å². The predicted molar refractivity (Wildman–Crippen MR) is 101 cm³/mol. The van der Waals surface area contributed by atoms with E-state index in [4.69, 9.17) is 9.84 Å². The maximum absolute atomic E-state index is 12.7. The van der Waals surface area contributed by atoms with Crippen LogP contribution in [0.25, 0.3) is 5.70 Å². The van der Waals surface area contributed by atoms with Crippen molar-refractivity contribution in [3.8, 4) is 11.8 Å². The van der Waals surface area contributed by atoms with Crippen molar-refractivity contribution in [1.82, 2.24) is 4.57 Å². The Hall–Kier alpha value is -2.88. The van der Waals surface area contributed by atoms with Crippen molar-refractivity contribution in [1.29, 1.82) is 5.26 Å². The summed E-state index contributed by atoms with van der Waals surface area (Å²) in [6.45, 7) is 3.78. The molecule has 1 atom stereocenters. The summed E-state index contributed by atoms with van der Waals surface area (Å²) in [5.74, 6) is 0.607. The number of benzene rings is 1. The molecule has 1 aromatic heterocycles. The molecule has 2 N–H and O–H groups in total. The first-order valence-electron chi connectivity index (χ1n) is 8.83. The molecule has 2 heterocycles. The second-order valence-corrected chi connectivity index (χ2v) is 7.11. The molecule has 2 aromatic rings. The predicted octanol–water partition coefficient (Wildman–Crippen LogP) is 2.59. The number of ether oxygens (including phenoxy) is 1. The summed E-state index contributed by atoms with van der Waals surface area (Å²) in [5.41, 5.74) is 1.40. The Kier molecular flexibility index (Phi) is 5.17. The zero-order chi connectivity index (χ0) is 19.6. The third kappa shape index (κ3) is 3.95. The second kappa shape index (κ2) is 7.39. The third-order valence-electron chi connectivity index (χ3n) is 4.47. The number of aliphatic hydroxyl groups excluding tert-OH is 2. The molecule has 1 aliphatic rings. The highest BCUT2D eigenvalue weighted by Gasteiger charge is 2.28. The monoisotopic (exact) mass is 366 g/mol. The first-order chi connectivity index (χ1) is 12.8. The third-order valence-corrected chi connectivity index (χ3v) is 4.47. The van der Waals surface area contributed by atoms with Crippen LogP contribution in [0.5, 0.6) is 5.75 Å². The highest BCUT2D eigenvalue weighted by atomic mass is 16.5. The molecule has 0 bridgehead atoms. The molecule has 0 aliphatic carbocycles. The number of hydrogen-bond acceptors (Lipinski definition) is 5. The van der Waals surface area contributed by atoms with Gasteiger partial charge in [0.25, 0.3) is 5.56 Å². The topological polar surface area (TPSA) is 95.5 Å². The van der Waals surface area contributed by atoms with E-state index in [1.54, 1.807) is 30.5 Å². The van der Waals surface area contributed by atoms with Crippen LogP contribution in [0.4, 0.5) is 0 Å². The number of aromatic nitrogens is 1. The molecule has 0 amide bonds. The maximum atomic E-state index is 12.7. The van der Waals surface area contributed by atoms with Gasteiger partial charge in [-0.05, 0) is 62.6 Å². The van der Waals surface area contributed by atoms with Gasteiger partial charge in [-0.25, -0.2) is 0 Å². The summed E-state index contributed by atoms with van der Waals surface area (Å²) in [4.78, 5) is 12.7. The van der Waals surface area contributed by atoms with Crippen molar-refractivity contribution in [2.24, 2.45) is 0 Å². The number of aliphatic hydroxyl groups is 2. The van der Waals surface area contributed by atoms with E-state index >= 15 is 0 Å². The highest BCUT2D eigenvalue weighted by molar-refractivity contribution is 5.74. The van der Waals surface area contributed by atoms with Crippen LogP contribution in [0.2, 0.25) is 0 Å². The van der Waals surface area contributed by atoms with Gasteiger partial charge in [-0.3, -0.25) is 9.36 Å². The second-order valence-electron chi connectivity index (χ2n) is 7.11. The number of pyridine rings is 1. The van der Waals surface area contributed by atoms with Crippen molar-refractivity contribution >= 4 is 5.70 Å². The smallest absolute Gasteiger partial charge is 0.255 e. The van der Waals surface area contributed by atoms with Gasteiger partial charge in [-0.1, -0.05) is 0 Å². The molecule has 0 spiro atoms. The summed E-state index contributed by atoms with van der Waals surface area (Å²) in [6.07, 6.45) is 3.52. The number of nitriles is 1. The fraction of sp³-hybridized carbons (Fsp3) is 0.333. The molecule has 0 saturated carbocycles. The number of rotatable bonds is 5. The number of nitrogens with zero attached hydrogens (tertiary/aromatic N) is 2. The van der Waals surface area contributed by atoms with E-state index in [1.807, 2.05) is 19.9 Å². The Bertz CT molecular complexity index is 982. The fourth-order valence-corrected chi connectivity index (χ4v) is 3.16. The first kappa shape index (κ1) is 18.9. The lowest BCUT2D eigenvalue weighted by Crippen LogP contribution is -2.32. The van der Waals surface area contributed by atoms with Crippen LogP contribution in [-0.2, 0) is 0 Å². The van der Waals surface area contributed by atoms with Gasteiger partial charge in [0.2, 0.25) is 0 Å². The molecule has 6 heteroatoms. The largest absolute Gasteiger partial charge is 0.483 e. The zero-order valence-electron chi connectivity index (χ0n) is 15.3. The number of fused-ring (bicyclic) bond motifs is 1. The Morgan fingerprint density at radius 2 is 2.07 bits per heavy atom. The lowest BCUT2D eigenvalue weighted by atomic mass is 9.97.